The van der Waals surface area contributed by atoms with Crippen LogP contribution in [0.15, 0.2) is 0 Å². The molecule has 0 aromatic heterocycles. The van der Waals surface area contributed by atoms with Gasteiger partial charge in [0.05, 0.1) is 0 Å². The molecule has 0 amide bonds. The van der Waals surface area contributed by atoms with Crippen molar-refractivity contribution in [2.75, 3.05) is 0 Å². The summed E-state index contributed by atoms with van der Waals surface area (Å²) in [7, 11) is 0. The van der Waals surface area contributed by atoms with Crippen LogP contribution in [0.4, 0.5) is 0 Å². The Morgan fingerprint density at radius 2 is 2.33 bits per heavy atom. The first-order valence-electron chi connectivity index (χ1n) is 1.69. The van der Waals surface area contributed by atoms with Crippen LogP contribution < -0.4 is 0 Å². The van der Waals surface area contributed by atoms with E-state index >= 15 is 0 Å². The Labute approximate surface area is 44.8 Å². The van der Waals surface area contributed by atoms with Gasteiger partial charge in [-0.15, -0.1) is 0 Å². The fourth-order valence-electron chi connectivity index (χ4n) is 0.123. The van der Waals surface area contributed by atoms with Gasteiger partial charge in [-0.2, -0.15) is 0 Å². The molecule has 0 aromatic rings. The average molecular weight is 147 g/mol. The number of hydrogen-bond acceptors (Lipinski definition) is 1. The Bertz CT molecular complexity index is 52.8. The molecule has 0 rings (SSSR count). The van der Waals surface area contributed by atoms with Gasteiger partial charge in [0.25, 0.3) is 0 Å². The molecule has 0 fully saturated rings. The summed E-state index contributed by atoms with van der Waals surface area (Å²) in [5, 5.41) is 8.72. The van der Waals surface area contributed by atoms with Crippen molar-refractivity contribution in [3.8, 4) is 0 Å². The normalized spacial score (nSPS) is 8.17. The zero-order valence-electron chi connectivity index (χ0n) is 3.35. The number of carbonyl (C=O) groups is 1. The van der Waals surface area contributed by atoms with Crippen molar-refractivity contribution in [3.63, 3.8) is 0 Å². The van der Waals surface area contributed by atoms with E-state index in [2.05, 4.69) is 0 Å². The molecule has 0 aromatic carbocycles. The van der Waals surface area contributed by atoms with E-state index in [0.29, 0.717) is 6.42 Å². The van der Waals surface area contributed by atoms with Gasteiger partial charge in [-0.3, -0.25) is 0 Å². The van der Waals surface area contributed by atoms with Crippen LogP contribution in [-0.4, -0.2) is 27.6 Å². The van der Waals surface area contributed by atoms with Gasteiger partial charge in [0.15, 0.2) is 0 Å². The fourth-order valence-corrected chi connectivity index (χ4v) is 0.642. The van der Waals surface area contributed by atoms with E-state index in [0.717, 1.165) is 5.25 Å². The van der Waals surface area contributed by atoms with E-state index in [4.69, 9.17) is 5.11 Å². The van der Waals surface area contributed by atoms with Gasteiger partial charge in [0.1, 0.15) is 0 Å². The number of rotatable bonds is 2. The predicted octanol–water partition coefficient (Wildman–Crippen LogP) is -0.220. The Hall–Kier alpha value is 0.0129. The quantitative estimate of drug-likeness (QED) is 0.547. The second-order valence-corrected chi connectivity index (χ2v) is 2.14. The van der Waals surface area contributed by atoms with Crippen LogP contribution in [0, 0.1) is 0 Å². The van der Waals surface area contributed by atoms with Crippen molar-refractivity contribution in [2.45, 2.75) is 11.7 Å². The van der Waals surface area contributed by atoms with Crippen LogP contribution in [-0.2, 0) is 4.79 Å². The summed E-state index contributed by atoms with van der Waals surface area (Å²) < 4.78 is 0. The molecule has 0 bridgehead atoms. The van der Waals surface area contributed by atoms with E-state index in [9.17, 15) is 4.79 Å². The molecule has 0 unspecified atom stereocenters. The van der Waals surface area contributed by atoms with Gasteiger partial charge < -0.3 is 0 Å². The van der Waals surface area contributed by atoms with Crippen molar-refractivity contribution >= 4 is 22.5 Å². The zero-order chi connectivity index (χ0) is 4.99. The van der Waals surface area contributed by atoms with Crippen LogP contribution in [0.3, 0.4) is 0 Å². The predicted molar refractivity (Wildman–Crippen MR) is 24.2 cm³/mol. The maximum atomic E-state index is 9.61. The van der Waals surface area contributed by atoms with Crippen molar-refractivity contribution in [2.24, 2.45) is 0 Å². The molecule has 0 heterocycles. The van der Waals surface area contributed by atoms with Crippen LogP contribution in [0.5, 0.6) is 0 Å². The van der Waals surface area contributed by atoms with Crippen molar-refractivity contribution in [1.29, 1.82) is 0 Å². The molecule has 34 valence electrons. The number of carboxylic acids is 1. The van der Waals surface area contributed by atoms with Crippen LogP contribution >= 0.6 is 0 Å². The molecule has 2 radical (unpaired) electrons. The third kappa shape index (κ3) is 4.01. The molecule has 3 heteroatoms. The molecule has 0 aliphatic heterocycles. The van der Waals surface area contributed by atoms with E-state index in [-0.39, 0.29) is 0 Å². The van der Waals surface area contributed by atoms with E-state index in [1.165, 1.54) is 16.5 Å². The summed E-state index contributed by atoms with van der Waals surface area (Å²) >= 11 is 1.47. The Morgan fingerprint density at radius 1 is 1.83 bits per heavy atom. The van der Waals surface area contributed by atoms with Crippen LogP contribution in [0.1, 0.15) is 6.42 Å². The third-order valence-electron chi connectivity index (χ3n) is 0.358. The maximum absolute atomic E-state index is 9.61. The van der Waals surface area contributed by atoms with Gasteiger partial charge in [-0.05, 0) is 0 Å². The molecule has 1 N–H and O–H groups in total. The standard InChI is InChI=1S/C3H6GeO2/c4-2-1-3(5)6/h4H,1-2H2,(H,5,6). The first-order valence-corrected chi connectivity index (χ1v) is 3.40. The van der Waals surface area contributed by atoms with Crippen molar-refractivity contribution < 1.29 is 9.90 Å². The van der Waals surface area contributed by atoms with Crippen molar-refractivity contribution in [1.82, 2.24) is 0 Å². The van der Waals surface area contributed by atoms with E-state index in [1.807, 2.05) is 0 Å². The Balaban J connectivity index is 2.83. The molecule has 0 aliphatic carbocycles. The monoisotopic (exact) mass is 148 g/mol. The van der Waals surface area contributed by atoms with E-state index in [1.54, 1.807) is 0 Å². The van der Waals surface area contributed by atoms with Gasteiger partial charge in [-0.1, -0.05) is 0 Å². The molecular formula is C3H6GeO2. The van der Waals surface area contributed by atoms with Crippen molar-refractivity contribution in [3.05, 3.63) is 0 Å². The van der Waals surface area contributed by atoms with Crippen LogP contribution in [0.2, 0.25) is 5.25 Å². The molecule has 0 saturated carbocycles. The summed E-state index contributed by atoms with van der Waals surface area (Å²) in [5.74, 6) is -0.695. The summed E-state index contributed by atoms with van der Waals surface area (Å²) in [6.07, 6.45) is 0.319. The van der Waals surface area contributed by atoms with Gasteiger partial charge in [-0.25, -0.2) is 0 Å². The molecule has 0 aliphatic rings. The Morgan fingerprint density at radius 3 is 2.33 bits per heavy atom. The Kier molecular flexibility index (Phi) is 3.22. The fraction of sp³-hybridized carbons (Fsp3) is 0.667. The first-order chi connectivity index (χ1) is 2.77. The van der Waals surface area contributed by atoms with Gasteiger partial charge >= 0.3 is 44.1 Å². The SMILES string of the molecule is O=C(O)C[CH2][GeH]. The minimum absolute atomic E-state index is 0.319. The molecular weight excluding hydrogens is 141 g/mol. The summed E-state index contributed by atoms with van der Waals surface area (Å²) in [4.78, 5) is 9.61. The summed E-state index contributed by atoms with van der Waals surface area (Å²) in [5.41, 5.74) is 0. The summed E-state index contributed by atoms with van der Waals surface area (Å²) in [6.45, 7) is 0. The molecule has 0 atom stereocenters. The number of carboxylic acid groups (broad SMARTS) is 1. The molecule has 6 heavy (non-hydrogen) atoms. The van der Waals surface area contributed by atoms with Gasteiger partial charge in [0, 0.05) is 0 Å². The average Bonchev–Trinajstić information content (AvgIpc) is 1.35. The first kappa shape index (κ1) is 6.01. The van der Waals surface area contributed by atoms with E-state index < -0.39 is 5.97 Å². The second-order valence-electron chi connectivity index (χ2n) is 0.932. The molecule has 0 saturated heterocycles. The third-order valence-corrected chi connectivity index (χ3v) is 0.964. The number of aliphatic carboxylic acids is 1. The molecule has 0 spiro atoms. The zero-order valence-corrected chi connectivity index (χ0v) is 5.77. The second kappa shape index (κ2) is 3.21. The topological polar surface area (TPSA) is 37.3 Å². The number of hydrogen-bond donors (Lipinski definition) is 1. The minimum atomic E-state index is -0.695. The molecule has 2 nitrogen and oxygen atoms in total. The van der Waals surface area contributed by atoms with Gasteiger partial charge in [0.2, 0.25) is 0 Å². The summed E-state index contributed by atoms with van der Waals surface area (Å²) in [6, 6.07) is 0. The van der Waals surface area contributed by atoms with Crippen LogP contribution in [0.25, 0.3) is 0 Å².